The second-order valence-corrected chi connectivity index (χ2v) is 7.24. The van der Waals surface area contributed by atoms with Gasteiger partial charge < -0.3 is 14.4 Å². The van der Waals surface area contributed by atoms with Crippen molar-refractivity contribution < 1.29 is 14.6 Å². The number of benzene rings is 2. The monoisotopic (exact) mass is 364 g/mol. The molecule has 0 spiro atoms. The number of aromatic nitrogens is 2. The molecule has 1 aliphatic carbocycles. The zero-order valence-corrected chi connectivity index (χ0v) is 15.5. The lowest BCUT2D eigenvalue weighted by Crippen LogP contribution is -2.26. The van der Waals surface area contributed by atoms with Crippen molar-refractivity contribution in [3.63, 3.8) is 0 Å². The van der Waals surface area contributed by atoms with E-state index in [4.69, 9.17) is 9.72 Å². The van der Waals surface area contributed by atoms with Crippen LogP contribution < -0.4 is 4.74 Å². The van der Waals surface area contributed by atoms with E-state index in [9.17, 15) is 9.90 Å². The number of carbonyl (C=O) groups excluding carboxylic acids is 1. The lowest BCUT2D eigenvalue weighted by Gasteiger charge is -2.26. The molecule has 0 amide bonds. The summed E-state index contributed by atoms with van der Waals surface area (Å²) in [5.41, 5.74) is 2.69. The first-order chi connectivity index (χ1) is 13.1. The Bertz CT molecular complexity index is 942. The van der Waals surface area contributed by atoms with Gasteiger partial charge in [-0.2, -0.15) is 0 Å². The highest BCUT2D eigenvalue weighted by Crippen LogP contribution is 2.37. The molecular weight excluding hydrogens is 340 g/mol. The molecule has 1 fully saturated rings. The van der Waals surface area contributed by atoms with E-state index in [1.54, 1.807) is 24.3 Å². The minimum absolute atomic E-state index is 0.0251. The van der Waals surface area contributed by atoms with Crippen molar-refractivity contribution in [3.8, 4) is 5.75 Å². The van der Waals surface area contributed by atoms with E-state index in [-0.39, 0.29) is 12.4 Å². The molecular formula is C22H24N2O3. The van der Waals surface area contributed by atoms with Gasteiger partial charge in [0, 0.05) is 11.5 Å². The number of nitrogens with zero attached hydrogens (tertiary/aromatic N) is 2. The van der Waals surface area contributed by atoms with Crippen LogP contribution in [0.2, 0.25) is 0 Å². The average molecular weight is 364 g/mol. The van der Waals surface area contributed by atoms with Gasteiger partial charge >= 0.3 is 0 Å². The van der Waals surface area contributed by atoms with E-state index in [2.05, 4.69) is 10.6 Å². The number of Topliss-reactive ketones (excluding diaryl/α,β-unsaturated/α-hetero) is 1. The number of aliphatic hydroxyl groups is 1. The molecule has 0 saturated heterocycles. The van der Waals surface area contributed by atoms with Crippen molar-refractivity contribution in [3.05, 3.63) is 59.9 Å². The van der Waals surface area contributed by atoms with Crippen LogP contribution in [-0.2, 0) is 6.54 Å². The Morgan fingerprint density at radius 1 is 1.22 bits per heavy atom. The fourth-order valence-corrected chi connectivity index (χ4v) is 3.51. The molecule has 0 radical (unpaired) electrons. The maximum atomic E-state index is 11.3. The maximum absolute atomic E-state index is 11.3. The van der Waals surface area contributed by atoms with Gasteiger partial charge in [-0.3, -0.25) is 4.79 Å². The molecule has 4 rings (SSSR count). The van der Waals surface area contributed by atoms with Crippen molar-refractivity contribution in [2.45, 2.75) is 44.8 Å². The van der Waals surface area contributed by atoms with Gasteiger partial charge in [0.1, 0.15) is 24.3 Å². The maximum Gasteiger partial charge on any atom is 0.159 e. The number of para-hydroxylation sites is 2. The van der Waals surface area contributed by atoms with Crippen molar-refractivity contribution in [2.24, 2.45) is 0 Å². The number of imidazole rings is 1. The van der Waals surface area contributed by atoms with Crippen LogP contribution in [0.25, 0.3) is 11.0 Å². The summed E-state index contributed by atoms with van der Waals surface area (Å²) < 4.78 is 7.85. The molecule has 1 unspecified atom stereocenters. The van der Waals surface area contributed by atoms with Gasteiger partial charge in [0.2, 0.25) is 0 Å². The number of rotatable bonds is 7. The normalized spacial score (nSPS) is 15.5. The highest BCUT2D eigenvalue weighted by Gasteiger charge is 2.26. The minimum atomic E-state index is -0.645. The van der Waals surface area contributed by atoms with Crippen molar-refractivity contribution in [1.82, 2.24) is 9.55 Å². The lowest BCUT2D eigenvalue weighted by molar-refractivity contribution is 0.0918. The first-order valence-corrected chi connectivity index (χ1v) is 9.49. The van der Waals surface area contributed by atoms with Gasteiger partial charge in [-0.15, -0.1) is 0 Å². The third-order valence-corrected chi connectivity index (χ3v) is 5.25. The van der Waals surface area contributed by atoms with E-state index in [0.29, 0.717) is 23.8 Å². The van der Waals surface area contributed by atoms with Crippen LogP contribution in [0, 0.1) is 0 Å². The first-order valence-electron chi connectivity index (χ1n) is 9.49. The third kappa shape index (κ3) is 3.74. The van der Waals surface area contributed by atoms with Gasteiger partial charge in [-0.25, -0.2) is 4.98 Å². The van der Waals surface area contributed by atoms with Crippen molar-refractivity contribution >= 4 is 16.8 Å². The Balaban J connectivity index is 1.46. The van der Waals surface area contributed by atoms with Crippen LogP contribution >= 0.6 is 0 Å². The van der Waals surface area contributed by atoms with Crippen LogP contribution in [0.3, 0.4) is 0 Å². The summed E-state index contributed by atoms with van der Waals surface area (Å²) >= 11 is 0. The highest BCUT2D eigenvalue weighted by atomic mass is 16.5. The van der Waals surface area contributed by atoms with Gasteiger partial charge in [-0.05, 0) is 56.2 Å². The van der Waals surface area contributed by atoms with Crippen LogP contribution in [-0.4, -0.2) is 33.2 Å². The summed E-state index contributed by atoms with van der Waals surface area (Å²) in [4.78, 5) is 16.1. The van der Waals surface area contributed by atoms with Crippen LogP contribution in [0.1, 0.15) is 48.3 Å². The van der Waals surface area contributed by atoms with E-state index in [0.717, 1.165) is 16.9 Å². The number of carbonyl (C=O) groups is 1. The average Bonchev–Trinajstić information content (AvgIpc) is 2.97. The van der Waals surface area contributed by atoms with Crippen LogP contribution in [0.4, 0.5) is 0 Å². The molecule has 1 aliphatic rings. The molecule has 2 aromatic carbocycles. The molecule has 140 valence electrons. The smallest absolute Gasteiger partial charge is 0.159 e. The zero-order chi connectivity index (χ0) is 18.8. The quantitative estimate of drug-likeness (QED) is 0.645. The molecule has 1 atom stereocenters. The Labute approximate surface area is 158 Å². The Morgan fingerprint density at radius 3 is 2.63 bits per heavy atom. The fourth-order valence-electron chi connectivity index (χ4n) is 3.51. The molecule has 1 aromatic heterocycles. The number of fused-ring (bicyclic) bond motifs is 1. The molecule has 0 aliphatic heterocycles. The molecule has 1 N–H and O–H groups in total. The van der Waals surface area contributed by atoms with Gasteiger partial charge in [-0.1, -0.05) is 18.6 Å². The summed E-state index contributed by atoms with van der Waals surface area (Å²) in [6.07, 6.45) is 2.93. The predicted octanol–water partition coefficient (Wildman–Crippen LogP) is 3.95. The summed E-state index contributed by atoms with van der Waals surface area (Å²) in [6, 6.07) is 15.1. The predicted molar refractivity (Wildman–Crippen MR) is 104 cm³/mol. The third-order valence-electron chi connectivity index (χ3n) is 5.25. The van der Waals surface area contributed by atoms with Gasteiger partial charge in [0.05, 0.1) is 17.6 Å². The van der Waals surface area contributed by atoms with E-state index in [1.165, 1.54) is 26.2 Å². The first kappa shape index (κ1) is 17.7. The van der Waals surface area contributed by atoms with Gasteiger partial charge in [0.25, 0.3) is 0 Å². The largest absolute Gasteiger partial charge is 0.491 e. The lowest BCUT2D eigenvalue weighted by atomic mass is 9.85. The second kappa shape index (κ2) is 7.53. The number of ketones is 1. The standard InChI is InChI=1S/C22H24N2O3/c1-15(25)16-9-11-19(12-10-16)27-14-18(26)13-24-21-8-3-2-7-20(21)23-22(24)17-5-4-6-17/h2-3,7-12,17-18,26H,4-6,13-14H2,1H3. The fraction of sp³-hybridized carbons (Fsp3) is 0.364. The molecule has 27 heavy (non-hydrogen) atoms. The van der Waals surface area contributed by atoms with Crippen molar-refractivity contribution in [2.75, 3.05) is 6.61 Å². The van der Waals surface area contributed by atoms with E-state index >= 15 is 0 Å². The number of hydrogen-bond donors (Lipinski definition) is 1. The molecule has 5 nitrogen and oxygen atoms in total. The summed E-state index contributed by atoms with van der Waals surface area (Å²) in [5, 5.41) is 10.6. The summed E-state index contributed by atoms with van der Waals surface area (Å²) in [6.45, 7) is 2.18. The molecule has 1 heterocycles. The summed E-state index contributed by atoms with van der Waals surface area (Å²) in [7, 11) is 0. The second-order valence-electron chi connectivity index (χ2n) is 7.24. The Morgan fingerprint density at radius 2 is 1.96 bits per heavy atom. The minimum Gasteiger partial charge on any atom is -0.491 e. The molecule has 0 bridgehead atoms. The SMILES string of the molecule is CC(=O)c1ccc(OCC(O)Cn2c(C3CCC3)nc3ccccc32)cc1. The topological polar surface area (TPSA) is 64.3 Å². The summed E-state index contributed by atoms with van der Waals surface area (Å²) in [5.74, 6) is 2.24. The van der Waals surface area contributed by atoms with Crippen molar-refractivity contribution in [1.29, 1.82) is 0 Å². The number of hydrogen-bond acceptors (Lipinski definition) is 4. The Kier molecular flexibility index (Phi) is 4.94. The van der Waals surface area contributed by atoms with Crippen LogP contribution in [0.15, 0.2) is 48.5 Å². The number of ether oxygens (including phenoxy) is 1. The zero-order valence-electron chi connectivity index (χ0n) is 15.5. The molecule has 5 heteroatoms. The Hall–Kier alpha value is -2.66. The highest BCUT2D eigenvalue weighted by molar-refractivity contribution is 5.94. The van der Waals surface area contributed by atoms with Gasteiger partial charge in [0.15, 0.2) is 5.78 Å². The van der Waals surface area contributed by atoms with Crippen LogP contribution in [0.5, 0.6) is 5.75 Å². The number of aliphatic hydroxyl groups excluding tert-OH is 1. The molecule has 3 aromatic rings. The van der Waals surface area contributed by atoms with E-state index < -0.39 is 6.10 Å². The van der Waals surface area contributed by atoms with E-state index in [1.807, 2.05) is 18.2 Å². The molecule has 1 saturated carbocycles.